The summed E-state index contributed by atoms with van der Waals surface area (Å²) in [5.41, 5.74) is 1.23. The number of aromatic amines is 1. The molecule has 2 aromatic rings. The second-order valence-corrected chi connectivity index (χ2v) is 7.80. The van der Waals surface area contributed by atoms with Gasteiger partial charge in [-0.1, -0.05) is 13.8 Å². The molecule has 0 bridgehead atoms. The van der Waals surface area contributed by atoms with Gasteiger partial charge in [-0.25, -0.2) is 9.78 Å². The summed E-state index contributed by atoms with van der Waals surface area (Å²) in [5.74, 6) is -0.111. The van der Waals surface area contributed by atoms with Gasteiger partial charge in [-0.15, -0.1) is 13.2 Å². The minimum Gasteiger partial charge on any atom is -0.453 e. The van der Waals surface area contributed by atoms with E-state index in [0.29, 0.717) is 30.0 Å². The van der Waals surface area contributed by atoms with Crippen LogP contribution in [0.1, 0.15) is 38.6 Å². The van der Waals surface area contributed by atoms with E-state index in [1.165, 1.54) is 31.4 Å². The number of hydrogen-bond acceptors (Lipinski definition) is 5. The van der Waals surface area contributed by atoms with Crippen LogP contribution in [0.25, 0.3) is 11.3 Å². The summed E-state index contributed by atoms with van der Waals surface area (Å²) < 4.78 is 45.5. The minimum atomic E-state index is -4.75. The fourth-order valence-electron chi connectivity index (χ4n) is 3.68. The smallest absolute Gasteiger partial charge is 0.453 e. The Labute approximate surface area is 183 Å². The lowest BCUT2D eigenvalue weighted by atomic mass is 10.0. The van der Waals surface area contributed by atoms with E-state index in [-0.39, 0.29) is 23.6 Å². The molecule has 0 spiro atoms. The molecule has 0 aliphatic carbocycles. The SMILES string of the molecule is COC(=O)N[C@H](C(=O)N1CCC[C@@H]1c1ncc(-c2ccc(OC(F)(F)F)cc2)[nH]1)C(C)C. The summed E-state index contributed by atoms with van der Waals surface area (Å²) in [6.45, 7) is 4.19. The number of carbonyl (C=O) groups is 2. The van der Waals surface area contributed by atoms with E-state index in [1.54, 1.807) is 11.1 Å². The van der Waals surface area contributed by atoms with E-state index < -0.39 is 18.5 Å². The summed E-state index contributed by atoms with van der Waals surface area (Å²) >= 11 is 0. The number of alkyl carbamates (subject to hydrolysis) is 1. The highest BCUT2D eigenvalue weighted by molar-refractivity contribution is 5.86. The predicted molar refractivity (Wildman–Crippen MR) is 109 cm³/mol. The third-order valence-electron chi connectivity index (χ3n) is 5.24. The number of H-pyrrole nitrogens is 1. The zero-order chi connectivity index (χ0) is 23.5. The van der Waals surface area contributed by atoms with E-state index in [0.717, 1.165) is 6.42 Å². The summed E-state index contributed by atoms with van der Waals surface area (Å²) in [5, 5.41) is 2.59. The van der Waals surface area contributed by atoms with Crippen LogP contribution in [0.3, 0.4) is 0 Å². The van der Waals surface area contributed by atoms with E-state index in [4.69, 9.17) is 0 Å². The number of hydrogen-bond donors (Lipinski definition) is 2. The summed E-state index contributed by atoms with van der Waals surface area (Å²) in [6, 6.07) is 4.39. The van der Waals surface area contributed by atoms with Crippen molar-refractivity contribution in [3.05, 3.63) is 36.3 Å². The number of halogens is 3. The highest BCUT2D eigenvalue weighted by Gasteiger charge is 2.37. The zero-order valence-corrected chi connectivity index (χ0v) is 17.9. The molecule has 1 aliphatic heterocycles. The first-order chi connectivity index (χ1) is 15.1. The number of ether oxygens (including phenoxy) is 2. The number of amides is 2. The second kappa shape index (κ2) is 9.49. The van der Waals surface area contributed by atoms with Gasteiger partial charge in [-0.2, -0.15) is 0 Å². The Morgan fingerprint density at radius 2 is 1.94 bits per heavy atom. The first-order valence-corrected chi connectivity index (χ1v) is 10.1. The van der Waals surface area contributed by atoms with Crippen LogP contribution in [0, 0.1) is 5.92 Å². The first-order valence-electron chi connectivity index (χ1n) is 10.1. The number of nitrogens with zero attached hydrogens (tertiary/aromatic N) is 2. The highest BCUT2D eigenvalue weighted by Crippen LogP contribution is 2.33. The molecule has 11 heteroatoms. The van der Waals surface area contributed by atoms with Crippen LogP contribution in [-0.4, -0.2) is 52.9 Å². The minimum absolute atomic E-state index is 0.146. The second-order valence-electron chi connectivity index (χ2n) is 7.80. The van der Waals surface area contributed by atoms with Crippen molar-refractivity contribution < 1.29 is 32.2 Å². The largest absolute Gasteiger partial charge is 0.573 e. The average molecular weight is 454 g/mol. The molecule has 8 nitrogen and oxygen atoms in total. The molecule has 1 saturated heterocycles. The van der Waals surface area contributed by atoms with Crippen molar-refractivity contribution in [1.29, 1.82) is 0 Å². The van der Waals surface area contributed by atoms with Crippen molar-refractivity contribution in [3.8, 4) is 17.0 Å². The van der Waals surface area contributed by atoms with E-state index in [9.17, 15) is 22.8 Å². The molecule has 3 rings (SSSR count). The molecule has 2 N–H and O–H groups in total. The molecule has 0 radical (unpaired) electrons. The van der Waals surface area contributed by atoms with Crippen molar-refractivity contribution in [3.63, 3.8) is 0 Å². The Morgan fingerprint density at radius 3 is 2.53 bits per heavy atom. The molecule has 2 amide bonds. The number of nitrogens with one attached hydrogen (secondary N) is 2. The molecule has 1 aromatic carbocycles. The maximum Gasteiger partial charge on any atom is 0.573 e. The van der Waals surface area contributed by atoms with Crippen molar-refractivity contribution in [2.75, 3.05) is 13.7 Å². The van der Waals surface area contributed by atoms with E-state index in [1.807, 2.05) is 13.8 Å². The van der Waals surface area contributed by atoms with Gasteiger partial charge in [0.15, 0.2) is 0 Å². The monoisotopic (exact) mass is 454 g/mol. The Hall–Kier alpha value is -3.24. The van der Waals surface area contributed by atoms with Crippen LogP contribution in [0.15, 0.2) is 30.5 Å². The van der Waals surface area contributed by atoms with Crippen molar-refractivity contribution >= 4 is 12.0 Å². The topological polar surface area (TPSA) is 96.6 Å². The van der Waals surface area contributed by atoms with Crippen molar-refractivity contribution in [2.24, 2.45) is 5.92 Å². The van der Waals surface area contributed by atoms with Gasteiger partial charge in [-0.05, 0) is 48.6 Å². The van der Waals surface area contributed by atoms with Gasteiger partial charge in [0.05, 0.1) is 25.0 Å². The summed E-state index contributed by atoms with van der Waals surface area (Å²) in [6.07, 6.45) is -2.38. The van der Waals surface area contributed by atoms with Crippen molar-refractivity contribution in [1.82, 2.24) is 20.2 Å². The lowest BCUT2D eigenvalue weighted by molar-refractivity contribution is -0.274. The Morgan fingerprint density at radius 1 is 1.25 bits per heavy atom. The number of rotatable bonds is 6. The lowest BCUT2D eigenvalue weighted by Gasteiger charge is -2.30. The zero-order valence-electron chi connectivity index (χ0n) is 17.9. The number of aromatic nitrogens is 2. The molecule has 32 heavy (non-hydrogen) atoms. The van der Waals surface area contributed by atoms with Crippen LogP contribution in [0.2, 0.25) is 0 Å². The number of likely N-dealkylation sites (tertiary alicyclic amines) is 1. The predicted octanol–water partition coefficient (Wildman–Crippen LogP) is 4.02. The first kappa shape index (κ1) is 23.4. The molecular weight excluding hydrogens is 429 g/mol. The van der Waals surface area contributed by atoms with Crippen molar-refractivity contribution in [2.45, 2.75) is 45.1 Å². The maximum atomic E-state index is 13.2. The molecule has 0 saturated carbocycles. The number of carbonyl (C=O) groups excluding carboxylic acids is 2. The Kier molecular flexibility index (Phi) is 6.95. The fourth-order valence-corrected chi connectivity index (χ4v) is 3.68. The quantitative estimate of drug-likeness (QED) is 0.687. The van der Waals surface area contributed by atoms with Crippen LogP contribution in [0.4, 0.5) is 18.0 Å². The van der Waals surface area contributed by atoms with Gasteiger partial charge in [0.1, 0.15) is 17.6 Å². The van der Waals surface area contributed by atoms with Gasteiger partial charge in [0, 0.05) is 6.54 Å². The number of methoxy groups -OCH3 is 1. The third-order valence-corrected chi connectivity index (χ3v) is 5.24. The molecule has 1 aromatic heterocycles. The number of imidazole rings is 1. The maximum absolute atomic E-state index is 13.2. The average Bonchev–Trinajstić information content (AvgIpc) is 3.39. The van der Waals surface area contributed by atoms with Crippen LogP contribution < -0.4 is 10.1 Å². The van der Waals surface area contributed by atoms with Gasteiger partial charge in [0.2, 0.25) is 5.91 Å². The molecule has 1 aliphatic rings. The van der Waals surface area contributed by atoms with Gasteiger partial charge >= 0.3 is 12.5 Å². The molecular formula is C21H25F3N4O4. The van der Waals surface area contributed by atoms with E-state index in [2.05, 4.69) is 24.8 Å². The summed E-state index contributed by atoms with van der Waals surface area (Å²) in [4.78, 5) is 34.1. The van der Waals surface area contributed by atoms with Crippen LogP contribution in [-0.2, 0) is 9.53 Å². The fraction of sp³-hybridized carbons (Fsp3) is 0.476. The standard InChI is InChI=1S/C21H25F3N4O4/c1-12(2)17(27-20(30)31-3)19(29)28-10-4-5-16(28)18-25-11-15(26-18)13-6-8-14(9-7-13)32-21(22,23)24/h6-9,11-12,16-17H,4-5,10H2,1-3H3,(H,25,26)(H,27,30)/t16-,17+/m1/s1. The third kappa shape index (κ3) is 5.51. The van der Waals surface area contributed by atoms with Gasteiger partial charge in [-0.3, -0.25) is 4.79 Å². The molecule has 174 valence electrons. The molecule has 0 unspecified atom stereocenters. The Bertz CT molecular complexity index is 943. The van der Waals surface area contributed by atoms with Crippen LogP contribution >= 0.6 is 0 Å². The van der Waals surface area contributed by atoms with Gasteiger partial charge in [0.25, 0.3) is 0 Å². The molecule has 2 heterocycles. The lowest BCUT2D eigenvalue weighted by Crippen LogP contribution is -2.51. The number of benzene rings is 1. The Balaban J connectivity index is 1.76. The highest BCUT2D eigenvalue weighted by atomic mass is 19.4. The van der Waals surface area contributed by atoms with E-state index >= 15 is 0 Å². The normalized spacial score (nSPS) is 17.3. The van der Waals surface area contributed by atoms with Gasteiger partial charge < -0.3 is 24.7 Å². The molecule has 1 fully saturated rings. The van der Waals surface area contributed by atoms with Crippen LogP contribution in [0.5, 0.6) is 5.75 Å². The summed E-state index contributed by atoms with van der Waals surface area (Å²) in [7, 11) is 1.24. The molecule has 2 atom stereocenters. The number of alkyl halides is 3.